The van der Waals surface area contributed by atoms with E-state index in [2.05, 4.69) is 15.4 Å². The summed E-state index contributed by atoms with van der Waals surface area (Å²) in [6.07, 6.45) is 2.55. The lowest BCUT2D eigenvalue weighted by atomic mass is 10.2. The maximum absolute atomic E-state index is 11.2. The Morgan fingerprint density at radius 3 is 1.83 bits per heavy atom. The second-order valence-electron chi connectivity index (χ2n) is 4.50. The van der Waals surface area contributed by atoms with E-state index in [0.29, 0.717) is 26.2 Å². The smallest absolute Gasteiger partial charge is 0.407 e. The molecule has 0 rings (SSSR count). The van der Waals surface area contributed by atoms with Gasteiger partial charge in [-0.25, -0.2) is 9.59 Å². The number of hydrogen-bond donors (Lipinski definition) is 2. The molecule has 2 amide bonds. The van der Waals surface area contributed by atoms with Crippen molar-refractivity contribution in [3.05, 3.63) is 0 Å². The SMILES string of the molecule is COCCOC(=O)NCCCCCCNC(=O)OCCOC=O. The van der Waals surface area contributed by atoms with Crippen molar-refractivity contribution in [3.63, 3.8) is 0 Å². The van der Waals surface area contributed by atoms with Crippen LogP contribution in [0.15, 0.2) is 0 Å². The predicted molar refractivity (Wildman–Crippen MR) is 81.1 cm³/mol. The van der Waals surface area contributed by atoms with E-state index in [4.69, 9.17) is 14.2 Å². The molecule has 0 heterocycles. The van der Waals surface area contributed by atoms with Crippen molar-refractivity contribution in [1.82, 2.24) is 10.6 Å². The Labute approximate surface area is 136 Å². The van der Waals surface area contributed by atoms with Crippen molar-refractivity contribution in [2.75, 3.05) is 46.6 Å². The van der Waals surface area contributed by atoms with Crippen LogP contribution < -0.4 is 10.6 Å². The molecule has 0 unspecified atom stereocenters. The zero-order valence-corrected chi connectivity index (χ0v) is 13.5. The molecule has 0 aliphatic heterocycles. The number of methoxy groups -OCH3 is 1. The number of unbranched alkanes of at least 4 members (excludes halogenated alkanes) is 3. The lowest BCUT2D eigenvalue weighted by molar-refractivity contribution is -0.129. The van der Waals surface area contributed by atoms with Crippen LogP contribution in [0, 0.1) is 0 Å². The Morgan fingerprint density at radius 1 is 0.826 bits per heavy atom. The minimum absolute atomic E-state index is 0.0384. The summed E-state index contributed by atoms with van der Waals surface area (Å²) in [6, 6.07) is 0. The van der Waals surface area contributed by atoms with E-state index in [1.54, 1.807) is 0 Å². The van der Waals surface area contributed by atoms with E-state index in [9.17, 15) is 14.4 Å². The molecular weight excluding hydrogens is 308 g/mol. The van der Waals surface area contributed by atoms with Gasteiger partial charge in [-0.2, -0.15) is 0 Å². The van der Waals surface area contributed by atoms with Gasteiger partial charge in [-0.1, -0.05) is 12.8 Å². The van der Waals surface area contributed by atoms with Gasteiger partial charge in [0.25, 0.3) is 6.47 Å². The number of hydrogen-bond acceptors (Lipinski definition) is 7. The van der Waals surface area contributed by atoms with Gasteiger partial charge in [-0.3, -0.25) is 4.79 Å². The molecule has 9 nitrogen and oxygen atoms in total. The Bertz CT molecular complexity index is 326. The molecular formula is C14H26N2O7. The van der Waals surface area contributed by atoms with Crippen LogP contribution in [0.4, 0.5) is 9.59 Å². The molecule has 0 bridgehead atoms. The molecule has 9 heteroatoms. The van der Waals surface area contributed by atoms with Crippen molar-refractivity contribution in [3.8, 4) is 0 Å². The monoisotopic (exact) mass is 334 g/mol. The van der Waals surface area contributed by atoms with Gasteiger partial charge in [0.1, 0.15) is 19.8 Å². The largest absolute Gasteiger partial charge is 0.464 e. The zero-order chi connectivity index (χ0) is 17.2. The fraction of sp³-hybridized carbons (Fsp3) is 0.786. The molecule has 23 heavy (non-hydrogen) atoms. The van der Waals surface area contributed by atoms with Crippen LogP contribution >= 0.6 is 0 Å². The van der Waals surface area contributed by atoms with Gasteiger partial charge in [0.05, 0.1) is 6.61 Å². The molecule has 0 fully saturated rings. The van der Waals surface area contributed by atoms with Crippen molar-refractivity contribution < 1.29 is 33.3 Å². The van der Waals surface area contributed by atoms with E-state index in [-0.39, 0.29) is 19.8 Å². The molecule has 0 aromatic rings. The normalized spacial score (nSPS) is 9.78. The Morgan fingerprint density at radius 2 is 1.35 bits per heavy atom. The van der Waals surface area contributed by atoms with E-state index in [1.165, 1.54) is 7.11 Å². The summed E-state index contributed by atoms with van der Waals surface area (Å²) in [4.78, 5) is 32.2. The molecule has 0 atom stereocenters. The van der Waals surface area contributed by atoms with Crippen LogP contribution in [-0.4, -0.2) is 65.3 Å². The van der Waals surface area contributed by atoms with E-state index < -0.39 is 12.2 Å². The second kappa shape index (κ2) is 16.3. The Kier molecular flexibility index (Phi) is 14.9. The first-order valence-electron chi connectivity index (χ1n) is 7.56. The third-order valence-corrected chi connectivity index (χ3v) is 2.67. The van der Waals surface area contributed by atoms with Gasteiger partial charge in [-0.15, -0.1) is 0 Å². The van der Waals surface area contributed by atoms with Crippen LogP contribution in [-0.2, 0) is 23.7 Å². The van der Waals surface area contributed by atoms with Gasteiger partial charge in [0.15, 0.2) is 0 Å². The first kappa shape index (κ1) is 21.0. The minimum Gasteiger partial charge on any atom is -0.464 e. The minimum atomic E-state index is -0.528. The Hall–Kier alpha value is -2.03. The van der Waals surface area contributed by atoms with Gasteiger partial charge < -0.3 is 29.6 Å². The molecule has 0 aromatic carbocycles. The molecule has 134 valence electrons. The average molecular weight is 334 g/mol. The molecule has 0 aromatic heterocycles. The summed E-state index contributed by atoms with van der Waals surface area (Å²) in [7, 11) is 1.54. The standard InChI is InChI=1S/C14H26N2O7/c1-20-8-10-22-13(18)15-6-4-2-3-5-7-16-14(19)23-11-9-21-12-17/h12H,2-11H2,1H3,(H,15,18)(H,16,19). The Balaban J connectivity index is 3.25. The third kappa shape index (κ3) is 16.2. The van der Waals surface area contributed by atoms with Gasteiger partial charge in [0, 0.05) is 20.2 Å². The van der Waals surface area contributed by atoms with Crippen molar-refractivity contribution in [2.24, 2.45) is 0 Å². The van der Waals surface area contributed by atoms with Crippen LogP contribution in [0.5, 0.6) is 0 Å². The first-order valence-corrected chi connectivity index (χ1v) is 7.56. The van der Waals surface area contributed by atoms with Crippen molar-refractivity contribution in [2.45, 2.75) is 25.7 Å². The average Bonchev–Trinajstić information content (AvgIpc) is 2.54. The zero-order valence-electron chi connectivity index (χ0n) is 13.5. The number of rotatable bonds is 14. The fourth-order valence-electron chi connectivity index (χ4n) is 1.53. The van der Waals surface area contributed by atoms with E-state index in [1.807, 2.05) is 0 Å². The number of nitrogens with one attached hydrogen (secondary N) is 2. The van der Waals surface area contributed by atoms with Crippen LogP contribution in [0.25, 0.3) is 0 Å². The second-order valence-corrected chi connectivity index (χ2v) is 4.50. The van der Waals surface area contributed by atoms with Crippen LogP contribution in [0.1, 0.15) is 25.7 Å². The number of carbonyl (C=O) groups excluding carboxylic acids is 3. The van der Waals surface area contributed by atoms with Gasteiger partial charge in [0.2, 0.25) is 0 Å². The summed E-state index contributed by atoms with van der Waals surface area (Å²) in [5.74, 6) is 0. The van der Waals surface area contributed by atoms with Gasteiger partial charge >= 0.3 is 12.2 Å². The maximum Gasteiger partial charge on any atom is 0.407 e. The number of ether oxygens (including phenoxy) is 4. The molecule has 0 saturated carbocycles. The number of amides is 2. The molecule has 0 spiro atoms. The summed E-state index contributed by atoms with van der Waals surface area (Å²) >= 11 is 0. The third-order valence-electron chi connectivity index (χ3n) is 2.67. The summed E-state index contributed by atoms with van der Waals surface area (Å²) < 4.78 is 18.7. The lowest BCUT2D eigenvalue weighted by Crippen LogP contribution is -2.27. The van der Waals surface area contributed by atoms with Crippen LogP contribution in [0.2, 0.25) is 0 Å². The van der Waals surface area contributed by atoms with Crippen molar-refractivity contribution >= 4 is 18.7 Å². The fourth-order valence-corrected chi connectivity index (χ4v) is 1.53. The topological polar surface area (TPSA) is 112 Å². The summed E-state index contributed by atoms with van der Waals surface area (Å²) in [6.45, 7) is 2.08. The molecule has 0 radical (unpaired) electrons. The lowest BCUT2D eigenvalue weighted by Gasteiger charge is -2.07. The van der Waals surface area contributed by atoms with E-state index in [0.717, 1.165) is 25.7 Å². The maximum atomic E-state index is 11.2. The van der Waals surface area contributed by atoms with Crippen LogP contribution in [0.3, 0.4) is 0 Å². The summed E-state index contributed by atoms with van der Waals surface area (Å²) in [5, 5.41) is 5.23. The highest BCUT2D eigenvalue weighted by molar-refractivity contribution is 5.67. The van der Waals surface area contributed by atoms with Gasteiger partial charge in [-0.05, 0) is 12.8 Å². The number of alkyl carbamates (subject to hydrolysis) is 2. The highest BCUT2D eigenvalue weighted by atomic mass is 16.6. The highest BCUT2D eigenvalue weighted by Gasteiger charge is 2.01. The predicted octanol–water partition coefficient (Wildman–Crippen LogP) is 0.819. The molecule has 0 saturated heterocycles. The molecule has 2 N–H and O–H groups in total. The highest BCUT2D eigenvalue weighted by Crippen LogP contribution is 1.98. The van der Waals surface area contributed by atoms with E-state index >= 15 is 0 Å². The summed E-state index contributed by atoms with van der Waals surface area (Å²) in [5.41, 5.74) is 0. The number of carbonyl (C=O) groups is 3. The first-order chi connectivity index (χ1) is 11.2. The molecule has 0 aliphatic carbocycles. The molecule has 0 aliphatic rings. The quantitative estimate of drug-likeness (QED) is 0.275. The van der Waals surface area contributed by atoms with Crippen molar-refractivity contribution in [1.29, 1.82) is 0 Å².